The largest absolute Gasteiger partial charge is 0.497 e. The van der Waals surface area contributed by atoms with Crippen LogP contribution in [-0.2, 0) is 13.1 Å². The normalized spacial score (nSPS) is 14.9. The first-order chi connectivity index (χ1) is 11.8. The van der Waals surface area contributed by atoms with E-state index in [4.69, 9.17) is 4.74 Å². The van der Waals surface area contributed by atoms with Gasteiger partial charge < -0.3 is 9.84 Å². The van der Waals surface area contributed by atoms with Crippen LogP contribution in [0.3, 0.4) is 0 Å². The van der Waals surface area contributed by atoms with Crippen molar-refractivity contribution in [1.82, 2.24) is 4.57 Å². The minimum atomic E-state index is -0.569. The maximum absolute atomic E-state index is 10.7. The summed E-state index contributed by atoms with van der Waals surface area (Å²) in [5.74, 6) is 1.88. The van der Waals surface area contributed by atoms with Crippen molar-refractivity contribution in [3.63, 3.8) is 0 Å². The molecule has 0 bridgehead atoms. The van der Waals surface area contributed by atoms with Crippen LogP contribution >= 0.6 is 0 Å². The quantitative estimate of drug-likeness (QED) is 0.725. The fraction of sp³-hybridized carbons (Fsp3) is 0.316. The molecule has 1 aliphatic rings. The fourth-order valence-corrected chi connectivity index (χ4v) is 3.44. The van der Waals surface area contributed by atoms with Gasteiger partial charge in [-0.3, -0.25) is 5.32 Å². The van der Waals surface area contributed by atoms with Gasteiger partial charge in [0.2, 0.25) is 0 Å². The van der Waals surface area contributed by atoms with E-state index in [2.05, 4.69) is 32.7 Å². The van der Waals surface area contributed by atoms with Gasteiger partial charge >= 0.3 is 5.95 Å². The fourth-order valence-electron chi connectivity index (χ4n) is 3.44. The molecule has 0 saturated carbocycles. The maximum atomic E-state index is 10.7. The summed E-state index contributed by atoms with van der Waals surface area (Å²) >= 11 is 0. The third-order valence-corrected chi connectivity index (χ3v) is 4.67. The highest BCUT2D eigenvalue weighted by atomic mass is 16.5. The number of nitrogens with one attached hydrogen (secondary N) is 1. The SMILES string of the molecule is COc1ccc([C@H](O)Cn2c3[n+](c4ccccc42)CCCN3)cc1. The number of fused-ring (bicyclic) bond motifs is 3. The van der Waals surface area contributed by atoms with Crippen LogP contribution in [0.4, 0.5) is 5.95 Å². The molecular weight excluding hydrogens is 302 g/mol. The van der Waals surface area contributed by atoms with E-state index in [0.717, 1.165) is 42.3 Å². The van der Waals surface area contributed by atoms with Crippen molar-refractivity contribution < 1.29 is 14.4 Å². The number of aryl methyl sites for hydroxylation is 1. The molecule has 2 N–H and O–H groups in total. The topological polar surface area (TPSA) is 50.3 Å². The van der Waals surface area contributed by atoms with Gasteiger partial charge in [-0.2, -0.15) is 0 Å². The molecule has 1 aliphatic heterocycles. The lowest BCUT2D eigenvalue weighted by Gasteiger charge is -2.14. The minimum absolute atomic E-state index is 0.516. The number of aromatic nitrogens is 2. The van der Waals surface area contributed by atoms with E-state index in [1.165, 1.54) is 5.52 Å². The Kier molecular flexibility index (Phi) is 3.86. The number of imidazole rings is 1. The summed E-state index contributed by atoms with van der Waals surface area (Å²) in [4.78, 5) is 0. The van der Waals surface area contributed by atoms with Crippen LogP contribution < -0.4 is 14.6 Å². The van der Waals surface area contributed by atoms with E-state index >= 15 is 0 Å². The van der Waals surface area contributed by atoms with E-state index in [1.54, 1.807) is 7.11 Å². The monoisotopic (exact) mass is 324 g/mol. The molecule has 0 spiro atoms. The van der Waals surface area contributed by atoms with Crippen LogP contribution in [0.2, 0.25) is 0 Å². The van der Waals surface area contributed by atoms with Crippen molar-refractivity contribution in [2.45, 2.75) is 25.6 Å². The van der Waals surface area contributed by atoms with Gasteiger partial charge in [-0.1, -0.05) is 24.3 Å². The number of hydrogen-bond donors (Lipinski definition) is 2. The Morgan fingerprint density at radius 3 is 2.79 bits per heavy atom. The first-order valence-corrected chi connectivity index (χ1v) is 8.35. The number of aliphatic hydroxyl groups excluding tert-OH is 1. The number of methoxy groups -OCH3 is 1. The Morgan fingerprint density at radius 1 is 1.21 bits per heavy atom. The number of benzene rings is 2. The molecule has 1 aromatic heterocycles. The molecule has 24 heavy (non-hydrogen) atoms. The molecule has 0 radical (unpaired) electrons. The zero-order valence-electron chi connectivity index (χ0n) is 13.8. The number of rotatable bonds is 4. The summed E-state index contributed by atoms with van der Waals surface area (Å²) in [7, 11) is 1.65. The predicted molar refractivity (Wildman–Crippen MR) is 93.2 cm³/mol. The third-order valence-electron chi connectivity index (χ3n) is 4.67. The average molecular weight is 324 g/mol. The molecule has 0 unspecified atom stereocenters. The number of anilines is 1. The lowest BCUT2D eigenvalue weighted by Crippen LogP contribution is -2.42. The predicted octanol–water partition coefficient (Wildman–Crippen LogP) is 2.49. The first kappa shape index (κ1) is 15.0. The van der Waals surface area contributed by atoms with Crippen LogP contribution in [0.5, 0.6) is 5.75 Å². The minimum Gasteiger partial charge on any atom is -0.497 e. The summed E-state index contributed by atoms with van der Waals surface area (Å²) < 4.78 is 9.68. The van der Waals surface area contributed by atoms with Gasteiger partial charge in [-0.15, -0.1) is 0 Å². The number of hydrogen-bond acceptors (Lipinski definition) is 3. The number of ether oxygens (including phenoxy) is 1. The lowest BCUT2D eigenvalue weighted by molar-refractivity contribution is -0.661. The highest BCUT2D eigenvalue weighted by Gasteiger charge is 2.27. The molecule has 2 aromatic carbocycles. The Hall–Kier alpha value is -2.53. The average Bonchev–Trinajstić information content (AvgIpc) is 2.96. The second-order valence-corrected chi connectivity index (χ2v) is 6.14. The third kappa shape index (κ3) is 2.51. The molecule has 2 heterocycles. The molecule has 1 atom stereocenters. The van der Waals surface area contributed by atoms with Crippen LogP contribution in [0.15, 0.2) is 48.5 Å². The molecular formula is C19H22N3O2+. The summed E-state index contributed by atoms with van der Waals surface area (Å²) in [6.45, 7) is 2.49. The van der Waals surface area contributed by atoms with Crippen LogP contribution in [0.1, 0.15) is 18.1 Å². The first-order valence-electron chi connectivity index (χ1n) is 8.35. The van der Waals surface area contributed by atoms with Crippen LogP contribution in [0.25, 0.3) is 11.0 Å². The number of nitrogens with zero attached hydrogens (tertiary/aromatic N) is 2. The Labute approximate surface area is 141 Å². The van der Waals surface area contributed by atoms with E-state index in [-0.39, 0.29) is 0 Å². The highest BCUT2D eigenvalue weighted by Crippen LogP contribution is 2.25. The van der Waals surface area contributed by atoms with E-state index in [9.17, 15) is 5.11 Å². The van der Waals surface area contributed by atoms with Gasteiger partial charge in [-0.25, -0.2) is 9.13 Å². The molecule has 0 aliphatic carbocycles. The molecule has 0 saturated heterocycles. The summed E-state index contributed by atoms with van der Waals surface area (Å²) in [6.07, 6.45) is 0.548. The molecule has 4 rings (SSSR count). The molecule has 0 amide bonds. The van der Waals surface area contributed by atoms with Gasteiger partial charge in [-0.05, 0) is 29.8 Å². The lowest BCUT2D eigenvalue weighted by atomic mass is 10.1. The van der Waals surface area contributed by atoms with Gasteiger partial charge in [0, 0.05) is 6.42 Å². The Morgan fingerprint density at radius 2 is 2.00 bits per heavy atom. The Balaban J connectivity index is 1.71. The van der Waals surface area contributed by atoms with Gasteiger partial charge in [0.25, 0.3) is 0 Å². The van der Waals surface area contributed by atoms with Crippen molar-refractivity contribution in [3.05, 3.63) is 54.1 Å². The second-order valence-electron chi connectivity index (χ2n) is 6.14. The zero-order valence-corrected chi connectivity index (χ0v) is 13.8. The van der Waals surface area contributed by atoms with Crippen LogP contribution in [0, 0.1) is 0 Å². The maximum Gasteiger partial charge on any atom is 0.358 e. The van der Waals surface area contributed by atoms with E-state index in [1.807, 2.05) is 30.3 Å². The smallest absolute Gasteiger partial charge is 0.358 e. The van der Waals surface area contributed by atoms with E-state index < -0.39 is 6.10 Å². The van der Waals surface area contributed by atoms with Crippen molar-refractivity contribution in [3.8, 4) is 5.75 Å². The molecule has 124 valence electrons. The van der Waals surface area contributed by atoms with Crippen molar-refractivity contribution in [2.24, 2.45) is 0 Å². The van der Waals surface area contributed by atoms with Crippen molar-refractivity contribution >= 4 is 17.0 Å². The van der Waals surface area contributed by atoms with Gasteiger partial charge in [0.1, 0.15) is 29.4 Å². The van der Waals surface area contributed by atoms with Crippen LogP contribution in [-0.4, -0.2) is 23.3 Å². The van der Waals surface area contributed by atoms with Gasteiger partial charge in [0.15, 0.2) is 0 Å². The van der Waals surface area contributed by atoms with Gasteiger partial charge in [0.05, 0.1) is 20.2 Å². The van der Waals surface area contributed by atoms with Crippen molar-refractivity contribution in [2.75, 3.05) is 19.0 Å². The second kappa shape index (κ2) is 6.17. The highest BCUT2D eigenvalue weighted by molar-refractivity contribution is 5.74. The standard InChI is InChI=1S/C19H21N3O2/c1-24-15-9-7-14(8-10-15)18(23)13-22-17-6-3-2-5-16(17)21-12-4-11-20-19(21)22/h2-3,5-10,18,23H,4,11-13H2,1H3/p+1/t18-/m1/s1. The number of para-hydroxylation sites is 2. The molecule has 5 nitrogen and oxygen atoms in total. The molecule has 3 aromatic rings. The summed E-state index contributed by atoms with van der Waals surface area (Å²) in [6, 6.07) is 16.0. The molecule has 5 heteroatoms. The number of aliphatic hydroxyl groups is 1. The van der Waals surface area contributed by atoms with Crippen molar-refractivity contribution in [1.29, 1.82) is 0 Å². The summed E-state index contributed by atoms with van der Waals surface area (Å²) in [5.41, 5.74) is 3.25. The van der Waals surface area contributed by atoms with E-state index in [0.29, 0.717) is 6.54 Å². The zero-order chi connectivity index (χ0) is 16.5. The summed E-state index contributed by atoms with van der Waals surface area (Å²) in [5, 5.41) is 14.2. The Bertz CT molecular complexity index is 855. The molecule has 0 fully saturated rings.